The number of rotatable bonds is 5. The second-order valence-electron chi connectivity index (χ2n) is 3.55. The Morgan fingerprint density at radius 3 is 2.56 bits per heavy atom. The topological polar surface area (TPSA) is 87.5 Å². The Balaban J connectivity index is 3.01. The van der Waals surface area contributed by atoms with E-state index in [9.17, 15) is 0 Å². The van der Waals surface area contributed by atoms with Crippen LogP contribution in [0.25, 0.3) is 0 Å². The highest BCUT2D eigenvalue weighted by atomic mass is 35.5. The fourth-order valence-corrected chi connectivity index (χ4v) is 1.25. The minimum Gasteiger partial charge on any atom is -0.490 e. The molecule has 0 saturated carbocycles. The van der Waals surface area contributed by atoms with E-state index in [1.807, 2.05) is 0 Å². The van der Waals surface area contributed by atoms with Crippen LogP contribution in [0.15, 0.2) is 6.33 Å². The van der Waals surface area contributed by atoms with Gasteiger partial charge in [0.05, 0.1) is 25.9 Å². The summed E-state index contributed by atoms with van der Waals surface area (Å²) in [6.45, 7) is 1.13. The lowest BCUT2D eigenvalue weighted by Crippen LogP contribution is -2.42. The SMILES string of the molecule is COc1c(Cl)ncnc1NC(C)(CO)CO. The van der Waals surface area contributed by atoms with Crippen LogP contribution >= 0.6 is 11.6 Å². The molecule has 7 heteroatoms. The summed E-state index contributed by atoms with van der Waals surface area (Å²) in [5.74, 6) is 0.602. The van der Waals surface area contributed by atoms with Gasteiger partial charge in [-0.2, -0.15) is 0 Å². The van der Waals surface area contributed by atoms with Gasteiger partial charge in [0.2, 0.25) is 0 Å². The maximum Gasteiger partial charge on any atom is 0.198 e. The third-order valence-electron chi connectivity index (χ3n) is 2.08. The molecule has 0 aromatic carbocycles. The number of aliphatic hydroxyl groups is 2. The normalized spacial score (nSPS) is 11.3. The second kappa shape index (κ2) is 5.29. The molecular formula is C9H14ClN3O3. The first-order valence-corrected chi connectivity index (χ1v) is 4.98. The van der Waals surface area contributed by atoms with Crippen LogP contribution in [-0.4, -0.2) is 46.0 Å². The summed E-state index contributed by atoms with van der Waals surface area (Å²) < 4.78 is 5.03. The number of nitrogens with one attached hydrogen (secondary N) is 1. The fraction of sp³-hybridized carbons (Fsp3) is 0.556. The molecule has 90 valence electrons. The van der Waals surface area contributed by atoms with Gasteiger partial charge in [0.25, 0.3) is 0 Å². The second-order valence-corrected chi connectivity index (χ2v) is 3.91. The summed E-state index contributed by atoms with van der Waals surface area (Å²) >= 11 is 5.80. The zero-order valence-electron chi connectivity index (χ0n) is 9.07. The van der Waals surface area contributed by atoms with E-state index in [1.165, 1.54) is 13.4 Å². The van der Waals surface area contributed by atoms with Gasteiger partial charge >= 0.3 is 0 Å². The van der Waals surface area contributed by atoms with Crippen LogP contribution in [0.4, 0.5) is 5.82 Å². The molecule has 1 heterocycles. The Morgan fingerprint density at radius 1 is 1.44 bits per heavy atom. The molecule has 3 N–H and O–H groups in total. The average Bonchev–Trinajstić information content (AvgIpc) is 2.29. The molecule has 1 aromatic rings. The molecule has 0 radical (unpaired) electrons. The van der Waals surface area contributed by atoms with E-state index in [1.54, 1.807) is 6.92 Å². The van der Waals surface area contributed by atoms with E-state index in [4.69, 9.17) is 26.6 Å². The van der Waals surface area contributed by atoms with Gasteiger partial charge in [-0.1, -0.05) is 11.6 Å². The van der Waals surface area contributed by atoms with E-state index in [-0.39, 0.29) is 24.1 Å². The van der Waals surface area contributed by atoms with E-state index < -0.39 is 5.54 Å². The van der Waals surface area contributed by atoms with Crippen molar-refractivity contribution < 1.29 is 14.9 Å². The molecule has 0 fully saturated rings. The maximum atomic E-state index is 9.14. The summed E-state index contributed by atoms with van der Waals surface area (Å²) in [4.78, 5) is 7.69. The number of nitrogens with zero attached hydrogens (tertiary/aromatic N) is 2. The van der Waals surface area contributed by atoms with Crippen molar-refractivity contribution in [3.05, 3.63) is 11.5 Å². The fourth-order valence-electron chi connectivity index (χ4n) is 1.04. The molecule has 6 nitrogen and oxygen atoms in total. The number of hydrogen-bond acceptors (Lipinski definition) is 6. The van der Waals surface area contributed by atoms with E-state index in [2.05, 4.69) is 15.3 Å². The van der Waals surface area contributed by atoms with Gasteiger partial charge in [-0.05, 0) is 6.92 Å². The molecule has 0 aliphatic heterocycles. The predicted molar refractivity (Wildman–Crippen MR) is 59.8 cm³/mol. The van der Waals surface area contributed by atoms with Crippen molar-refractivity contribution in [2.24, 2.45) is 0 Å². The number of aromatic nitrogens is 2. The van der Waals surface area contributed by atoms with Gasteiger partial charge in [0.1, 0.15) is 6.33 Å². The molecule has 0 atom stereocenters. The van der Waals surface area contributed by atoms with Crippen molar-refractivity contribution in [3.8, 4) is 5.75 Å². The Hall–Kier alpha value is -1.11. The molecular weight excluding hydrogens is 234 g/mol. The summed E-state index contributed by atoms with van der Waals surface area (Å²) in [7, 11) is 1.44. The van der Waals surface area contributed by atoms with E-state index in [0.717, 1.165) is 0 Å². The van der Waals surface area contributed by atoms with Gasteiger partial charge in [-0.25, -0.2) is 9.97 Å². The first kappa shape index (κ1) is 13.0. The summed E-state index contributed by atoms with van der Waals surface area (Å²) in [6, 6.07) is 0. The quantitative estimate of drug-likeness (QED) is 0.649. The largest absolute Gasteiger partial charge is 0.490 e. The summed E-state index contributed by atoms with van der Waals surface area (Å²) in [5, 5.41) is 21.3. The molecule has 0 unspecified atom stereocenters. The third-order valence-corrected chi connectivity index (χ3v) is 2.35. The van der Waals surface area contributed by atoms with Crippen LogP contribution in [0.2, 0.25) is 5.15 Å². The Morgan fingerprint density at radius 2 is 2.06 bits per heavy atom. The number of halogens is 1. The number of aliphatic hydroxyl groups excluding tert-OH is 2. The standard InChI is InChI=1S/C9H14ClN3O3/c1-9(3-14,4-15)13-8-6(16-2)7(10)11-5-12-8/h5,14-15H,3-4H2,1-2H3,(H,11,12,13). The lowest BCUT2D eigenvalue weighted by Gasteiger charge is -2.27. The zero-order valence-corrected chi connectivity index (χ0v) is 9.82. The van der Waals surface area contributed by atoms with Crippen LogP contribution in [0.1, 0.15) is 6.92 Å². The summed E-state index contributed by atoms with van der Waals surface area (Å²) in [5.41, 5.74) is -0.898. The van der Waals surface area contributed by atoms with Gasteiger partial charge in [0, 0.05) is 0 Å². The van der Waals surface area contributed by atoms with Crippen LogP contribution in [0.5, 0.6) is 5.75 Å². The molecule has 0 bridgehead atoms. The van der Waals surface area contributed by atoms with Gasteiger partial charge in [-0.3, -0.25) is 0 Å². The van der Waals surface area contributed by atoms with Crippen molar-refractivity contribution in [2.45, 2.75) is 12.5 Å². The van der Waals surface area contributed by atoms with Crippen molar-refractivity contribution >= 4 is 17.4 Å². The molecule has 0 aliphatic rings. The number of ether oxygens (including phenoxy) is 1. The van der Waals surface area contributed by atoms with Crippen LogP contribution in [0.3, 0.4) is 0 Å². The molecule has 0 saturated heterocycles. The molecule has 16 heavy (non-hydrogen) atoms. The Bertz CT molecular complexity index is 358. The molecule has 0 amide bonds. The smallest absolute Gasteiger partial charge is 0.198 e. The minimum absolute atomic E-state index is 0.165. The predicted octanol–water partition coefficient (Wildman–Crippen LogP) is 0.294. The van der Waals surface area contributed by atoms with Crippen molar-refractivity contribution in [3.63, 3.8) is 0 Å². The van der Waals surface area contributed by atoms with Crippen molar-refractivity contribution in [1.82, 2.24) is 9.97 Å². The van der Waals surface area contributed by atoms with Gasteiger partial charge in [0.15, 0.2) is 16.7 Å². The van der Waals surface area contributed by atoms with Crippen molar-refractivity contribution in [2.75, 3.05) is 25.6 Å². The Kier molecular flexibility index (Phi) is 4.28. The molecule has 1 aromatic heterocycles. The number of methoxy groups -OCH3 is 1. The highest BCUT2D eigenvalue weighted by Crippen LogP contribution is 2.30. The number of hydrogen-bond donors (Lipinski definition) is 3. The van der Waals surface area contributed by atoms with E-state index in [0.29, 0.717) is 5.82 Å². The highest BCUT2D eigenvalue weighted by Gasteiger charge is 2.25. The van der Waals surface area contributed by atoms with Crippen LogP contribution < -0.4 is 10.1 Å². The van der Waals surface area contributed by atoms with Gasteiger partial charge < -0.3 is 20.3 Å². The summed E-state index contributed by atoms with van der Waals surface area (Å²) in [6.07, 6.45) is 1.27. The lowest BCUT2D eigenvalue weighted by atomic mass is 10.1. The number of anilines is 1. The molecule has 0 spiro atoms. The monoisotopic (exact) mass is 247 g/mol. The third kappa shape index (κ3) is 2.72. The minimum atomic E-state index is -0.898. The van der Waals surface area contributed by atoms with E-state index >= 15 is 0 Å². The zero-order chi connectivity index (χ0) is 12.2. The van der Waals surface area contributed by atoms with Crippen molar-refractivity contribution in [1.29, 1.82) is 0 Å². The first-order valence-electron chi connectivity index (χ1n) is 4.60. The first-order chi connectivity index (χ1) is 7.56. The van der Waals surface area contributed by atoms with Crippen LogP contribution in [-0.2, 0) is 0 Å². The van der Waals surface area contributed by atoms with Crippen LogP contribution in [0, 0.1) is 0 Å². The molecule has 0 aliphatic carbocycles. The highest BCUT2D eigenvalue weighted by molar-refractivity contribution is 6.31. The van der Waals surface area contributed by atoms with Gasteiger partial charge in [-0.15, -0.1) is 0 Å². The average molecular weight is 248 g/mol. The lowest BCUT2D eigenvalue weighted by molar-refractivity contribution is 0.147. The Labute approximate surface area is 98.3 Å². The maximum absolute atomic E-state index is 9.14. The molecule has 1 rings (SSSR count).